The van der Waals surface area contributed by atoms with Crippen molar-refractivity contribution >= 4 is 11.6 Å². The summed E-state index contributed by atoms with van der Waals surface area (Å²) in [6.07, 6.45) is 0.303. The summed E-state index contributed by atoms with van der Waals surface area (Å²) in [6.45, 7) is 4.61. The fraction of sp³-hybridized carbons (Fsp3) is 0.269. The van der Waals surface area contributed by atoms with Crippen molar-refractivity contribution in [2.24, 2.45) is 0 Å². The molecule has 0 saturated heterocycles. The summed E-state index contributed by atoms with van der Waals surface area (Å²) < 4.78 is 16.7. The number of hydrogen-bond acceptors (Lipinski definition) is 4. The predicted octanol–water partition coefficient (Wildman–Crippen LogP) is 5.09. The van der Waals surface area contributed by atoms with E-state index in [-0.39, 0.29) is 11.9 Å². The Hall–Kier alpha value is -3.47. The lowest BCUT2D eigenvalue weighted by molar-refractivity contribution is -0.118. The minimum Gasteiger partial charge on any atom is -0.494 e. The number of carbonyl (C=O) groups is 1. The van der Waals surface area contributed by atoms with Crippen LogP contribution >= 0.6 is 0 Å². The molecule has 0 fully saturated rings. The number of aryl methyl sites for hydroxylation is 1. The van der Waals surface area contributed by atoms with Gasteiger partial charge in [0, 0.05) is 5.69 Å². The number of ether oxygens (including phenoxy) is 3. The fourth-order valence-corrected chi connectivity index (χ4v) is 4.12. The number of hydrogen-bond donors (Lipinski definition) is 0. The Labute approximate surface area is 183 Å². The van der Waals surface area contributed by atoms with Crippen LogP contribution < -0.4 is 19.1 Å². The van der Waals surface area contributed by atoms with E-state index < -0.39 is 0 Å². The number of anilines is 1. The number of amides is 1. The molecule has 0 aliphatic carbocycles. The molecule has 0 spiro atoms. The molecule has 0 radical (unpaired) electrons. The van der Waals surface area contributed by atoms with Gasteiger partial charge in [-0.05, 0) is 66.9 Å². The molecule has 160 valence electrons. The van der Waals surface area contributed by atoms with Crippen LogP contribution in [0.4, 0.5) is 5.69 Å². The number of fused-ring (bicyclic) bond motifs is 1. The Morgan fingerprint density at radius 2 is 1.58 bits per heavy atom. The SMILES string of the molecule is CCOc1ccc(C2c3cc(OC)c(OC)cc3CC(=O)N2c2ccc(C)cc2)cc1. The van der Waals surface area contributed by atoms with Crippen molar-refractivity contribution in [2.45, 2.75) is 26.3 Å². The lowest BCUT2D eigenvalue weighted by atomic mass is 9.86. The van der Waals surface area contributed by atoms with Crippen LogP contribution in [0.5, 0.6) is 17.2 Å². The van der Waals surface area contributed by atoms with E-state index in [1.807, 2.05) is 79.4 Å². The van der Waals surface area contributed by atoms with Gasteiger partial charge < -0.3 is 19.1 Å². The van der Waals surface area contributed by atoms with Gasteiger partial charge in [-0.1, -0.05) is 29.8 Å². The second-order valence-electron chi connectivity index (χ2n) is 7.59. The maximum Gasteiger partial charge on any atom is 0.232 e. The quantitative estimate of drug-likeness (QED) is 0.561. The van der Waals surface area contributed by atoms with Gasteiger partial charge in [0.2, 0.25) is 5.91 Å². The van der Waals surface area contributed by atoms with Crippen LogP contribution in [0.25, 0.3) is 0 Å². The minimum absolute atomic E-state index is 0.0439. The van der Waals surface area contributed by atoms with E-state index in [1.165, 1.54) is 0 Å². The molecule has 3 aromatic rings. The maximum atomic E-state index is 13.4. The molecule has 31 heavy (non-hydrogen) atoms. The number of methoxy groups -OCH3 is 2. The van der Waals surface area contributed by atoms with Gasteiger partial charge in [0.05, 0.1) is 33.3 Å². The molecule has 1 unspecified atom stereocenters. The van der Waals surface area contributed by atoms with Gasteiger partial charge in [-0.15, -0.1) is 0 Å². The highest BCUT2D eigenvalue weighted by molar-refractivity contribution is 5.98. The van der Waals surface area contributed by atoms with Crippen LogP contribution in [0.15, 0.2) is 60.7 Å². The molecule has 5 heteroatoms. The Kier molecular flexibility index (Phi) is 5.85. The lowest BCUT2D eigenvalue weighted by Crippen LogP contribution is -2.41. The first-order valence-electron chi connectivity index (χ1n) is 10.4. The van der Waals surface area contributed by atoms with Crippen LogP contribution in [0.3, 0.4) is 0 Å². The molecule has 1 aliphatic rings. The highest BCUT2D eigenvalue weighted by Crippen LogP contribution is 2.43. The monoisotopic (exact) mass is 417 g/mol. The topological polar surface area (TPSA) is 48.0 Å². The molecular formula is C26H27NO4. The first-order valence-corrected chi connectivity index (χ1v) is 10.4. The first-order chi connectivity index (χ1) is 15.0. The molecular weight excluding hydrogens is 390 g/mol. The Bertz CT molecular complexity index is 1070. The first kappa shape index (κ1) is 20.8. The fourth-order valence-electron chi connectivity index (χ4n) is 4.12. The third-order valence-corrected chi connectivity index (χ3v) is 5.63. The van der Waals surface area contributed by atoms with Crippen LogP contribution in [0.1, 0.15) is 35.2 Å². The van der Waals surface area contributed by atoms with Gasteiger partial charge in [0.1, 0.15) is 5.75 Å². The zero-order chi connectivity index (χ0) is 22.0. The van der Waals surface area contributed by atoms with E-state index >= 15 is 0 Å². The molecule has 1 amide bonds. The zero-order valence-electron chi connectivity index (χ0n) is 18.3. The van der Waals surface area contributed by atoms with E-state index in [1.54, 1.807) is 14.2 Å². The number of nitrogens with zero attached hydrogens (tertiary/aromatic N) is 1. The summed E-state index contributed by atoms with van der Waals surface area (Å²) in [5, 5.41) is 0. The second kappa shape index (κ2) is 8.72. The summed E-state index contributed by atoms with van der Waals surface area (Å²) in [6, 6.07) is 19.6. The van der Waals surface area contributed by atoms with Gasteiger partial charge in [-0.25, -0.2) is 0 Å². The molecule has 0 bridgehead atoms. The smallest absolute Gasteiger partial charge is 0.232 e. The molecule has 0 aromatic heterocycles. The zero-order valence-corrected chi connectivity index (χ0v) is 18.3. The maximum absolute atomic E-state index is 13.4. The van der Waals surface area contributed by atoms with E-state index in [0.717, 1.165) is 33.7 Å². The van der Waals surface area contributed by atoms with E-state index in [4.69, 9.17) is 14.2 Å². The standard InChI is InChI=1S/C26H27NO4/c1-5-31-21-12-8-18(9-13-21)26-22-16-24(30-4)23(29-3)14-19(22)15-25(28)27(26)20-10-6-17(2)7-11-20/h6-14,16,26H,5,15H2,1-4H3. The summed E-state index contributed by atoms with van der Waals surface area (Å²) in [5.41, 5.74) is 5.00. The Morgan fingerprint density at radius 3 is 2.19 bits per heavy atom. The second-order valence-corrected chi connectivity index (χ2v) is 7.59. The van der Waals surface area contributed by atoms with Gasteiger partial charge in [0.15, 0.2) is 11.5 Å². The minimum atomic E-state index is -0.283. The van der Waals surface area contributed by atoms with Gasteiger partial charge in [0.25, 0.3) is 0 Å². The molecule has 5 nitrogen and oxygen atoms in total. The van der Waals surface area contributed by atoms with Crippen molar-refractivity contribution in [1.29, 1.82) is 0 Å². The van der Waals surface area contributed by atoms with E-state index in [0.29, 0.717) is 24.5 Å². The number of benzene rings is 3. The van der Waals surface area contributed by atoms with Crippen LogP contribution in [0, 0.1) is 6.92 Å². The van der Waals surface area contributed by atoms with Crippen LogP contribution in [-0.2, 0) is 11.2 Å². The molecule has 1 heterocycles. The number of rotatable bonds is 6. The summed E-state index contributed by atoms with van der Waals surface area (Å²) in [4.78, 5) is 15.3. The number of carbonyl (C=O) groups excluding carboxylic acids is 1. The van der Waals surface area contributed by atoms with Crippen molar-refractivity contribution in [3.05, 3.63) is 82.9 Å². The molecule has 0 saturated carbocycles. The Morgan fingerprint density at radius 1 is 0.935 bits per heavy atom. The molecule has 0 N–H and O–H groups in total. The van der Waals surface area contributed by atoms with Gasteiger partial charge in [-0.2, -0.15) is 0 Å². The van der Waals surface area contributed by atoms with E-state index in [2.05, 4.69) is 0 Å². The average Bonchev–Trinajstić information content (AvgIpc) is 2.79. The highest BCUT2D eigenvalue weighted by atomic mass is 16.5. The van der Waals surface area contributed by atoms with Crippen LogP contribution in [0.2, 0.25) is 0 Å². The Balaban J connectivity index is 1.89. The average molecular weight is 418 g/mol. The van der Waals surface area contributed by atoms with Crippen molar-refractivity contribution in [3.8, 4) is 17.2 Å². The normalized spacial score (nSPS) is 15.4. The summed E-state index contributed by atoms with van der Waals surface area (Å²) in [7, 11) is 3.24. The summed E-state index contributed by atoms with van der Waals surface area (Å²) in [5.74, 6) is 2.13. The lowest BCUT2D eigenvalue weighted by Gasteiger charge is -2.38. The van der Waals surface area contributed by atoms with Gasteiger partial charge in [-0.3, -0.25) is 4.79 Å². The van der Waals surface area contributed by atoms with Crippen molar-refractivity contribution < 1.29 is 19.0 Å². The third kappa shape index (κ3) is 3.96. The molecule has 1 aliphatic heterocycles. The summed E-state index contributed by atoms with van der Waals surface area (Å²) >= 11 is 0. The van der Waals surface area contributed by atoms with Crippen molar-refractivity contribution in [1.82, 2.24) is 0 Å². The third-order valence-electron chi connectivity index (χ3n) is 5.63. The van der Waals surface area contributed by atoms with Crippen LogP contribution in [-0.4, -0.2) is 26.7 Å². The van der Waals surface area contributed by atoms with Crippen molar-refractivity contribution in [3.63, 3.8) is 0 Å². The largest absolute Gasteiger partial charge is 0.494 e. The molecule has 4 rings (SSSR count). The highest BCUT2D eigenvalue weighted by Gasteiger charge is 2.35. The predicted molar refractivity (Wildman–Crippen MR) is 121 cm³/mol. The van der Waals surface area contributed by atoms with Gasteiger partial charge >= 0.3 is 0 Å². The molecule has 1 atom stereocenters. The van der Waals surface area contributed by atoms with E-state index in [9.17, 15) is 4.79 Å². The molecule has 3 aromatic carbocycles. The van der Waals surface area contributed by atoms with Crippen molar-refractivity contribution in [2.75, 3.05) is 25.7 Å².